The zero-order chi connectivity index (χ0) is 10.3. The molecule has 0 aromatic rings. The Morgan fingerprint density at radius 1 is 1.00 bits per heavy atom. The third kappa shape index (κ3) is 5.22. The molecule has 3 nitrogen and oxygen atoms in total. The number of nitrogens with zero attached hydrogens (tertiary/aromatic N) is 3. The lowest BCUT2D eigenvalue weighted by atomic mass is 10.1. The van der Waals surface area contributed by atoms with Gasteiger partial charge in [0.15, 0.2) is 0 Å². The van der Waals surface area contributed by atoms with Crippen molar-refractivity contribution in [1.29, 1.82) is 0 Å². The van der Waals surface area contributed by atoms with Crippen LogP contribution in [0.5, 0.6) is 0 Å². The van der Waals surface area contributed by atoms with Gasteiger partial charge >= 0.3 is 0 Å². The largest absolute Gasteiger partial charge is 0.316 e. The van der Waals surface area contributed by atoms with E-state index >= 15 is 0 Å². The van der Waals surface area contributed by atoms with Gasteiger partial charge in [-0.15, -0.1) is 0 Å². The van der Waals surface area contributed by atoms with Crippen LogP contribution in [0.1, 0.15) is 20.8 Å². The fourth-order valence-electron chi connectivity index (χ4n) is 1.12. The predicted molar refractivity (Wildman–Crippen MR) is 54.3 cm³/mol. The molecule has 0 spiro atoms. The highest BCUT2D eigenvalue weighted by Gasteiger charge is 2.21. The first-order valence-electron chi connectivity index (χ1n) is 4.44. The van der Waals surface area contributed by atoms with Crippen LogP contribution in [0.3, 0.4) is 0 Å². The zero-order valence-corrected chi connectivity index (χ0v) is 8.67. The molecule has 0 N–H and O–H groups in total. The van der Waals surface area contributed by atoms with Crippen molar-refractivity contribution in [2.24, 2.45) is 0 Å². The van der Waals surface area contributed by atoms with Crippen LogP contribution in [0.2, 0.25) is 0 Å². The second kappa shape index (κ2) is 5.56. The Bertz CT molecular complexity index is 196. The second-order valence-corrected chi connectivity index (χ2v) is 3.92. The van der Waals surface area contributed by atoms with E-state index in [2.05, 4.69) is 35.4 Å². The Hall–Kier alpha value is -1.06. The molecule has 0 heterocycles. The maximum absolute atomic E-state index is 6.72. The predicted octanol–water partition coefficient (Wildman–Crippen LogP) is 1.93. The summed E-state index contributed by atoms with van der Waals surface area (Å²) in [6.07, 6.45) is 0. The molecular weight excluding hydrogens is 162 g/mol. The van der Waals surface area contributed by atoms with Crippen LogP contribution in [0, 0.1) is 13.1 Å². The fourth-order valence-corrected chi connectivity index (χ4v) is 1.12. The van der Waals surface area contributed by atoms with Crippen molar-refractivity contribution in [2.75, 3.05) is 26.2 Å². The lowest BCUT2D eigenvalue weighted by Crippen LogP contribution is -2.44. The van der Waals surface area contributed by atoms with Crippen molar-refractivity contribution in [1.82, 2.24) is 4.90 Å². The molecule has 3 heteroatoms. The standard InChI is InChI=1S/C10H17N3/c1-10(2,3)13(8-6-11-4)9-7-12-5/h6-9H2,1-3H3. The fraction of sp³-hybridized carbons (Fsp3) is 0.800. The summed E-state index contributed by atoms with van der Waals surface area (Å²) in [6.45, 7) is 22.3. The zero-order valence-electron chi connectivity index (χ0n) is 8.67. The van der Waals surface area contributed by atoms with Crippen molar-refractivity contribution in [2.45, 2.75) is 26.3 Å². The summed E-state index contributed by atoms with van der Waals surface area (Å²) in [5, 5.41) is 0. The quantitative estimate of drug-likeness (QED) is 0.600. The number of rotatable bonds is 4. The molecule has 0 rings (SSSR count). The minimum atomic E-state index is 0.0649. The monoisotopic (exact) mass is 179 g/mol. The van der Waals surface area contributed by atoms with Crippen LogP contribution < -0.4 is 0 Å². The van der Waals surface area contributed by atoms with Crippen LogP contribution >= 0.6 is 0 Å². The van der Waals surface area contributed by atoms with Gasteiger partial charge in [0.1, 0.15) is 0 Å². The molecule has 0 amide bonds. The van der Waals surface area contributed by atoms with Crippen LogP contribution in [0.15, 0.2) is 0 Å². The Balaban J connectivity index is 4.06. The first-order valence-corrected chi connectivity index (χ1v) is 4.44. The Kier molecular flexibility index (Phi) is 5.11. The van der Waals surface area contributed by atoms with E-state index in [1.165, 1.54) is 0 Å². The minimum Gasteiger partial charge on any atom is -0.316 e. The van der Waals surface area contributed by atoms with E-state index in [1.807, 2.05) is 0 Å². The smallest absolute Gasteiger partial charge is 0.227 e. The topological polar surface area (TPSA) is 12.0 Å². The van der Waals surface area contributed by atoms with Crippen molar-refractivity contribution in [3.63, 3.8) is 0 Å². The lowest BCUT2D eigenvalue weighted by Gasteiger charge is -2.32. The van der Waals surface area contributed by atoms with E-state index in [0.29, 0.717) is 13.1 Å². The summed E-state index contributed by atoms with van der Waals surface area (Å²) in [5.41, 5.74) is 0.0649. The summed E-state index contributed by atoms with van der Waals surface area (Å²) in [7, 11) is 0. The van der Waals surface area contributed by atoms with E-state index in [-0.39, 0.29) is 5.54 Å². The Morgan fingerprint density at radius 3 is 1.62 bits per heavy atom. The molecule has 0 aliphatic carbocycles. The third-order valence-electron chi connectivity index (χ3n) is 1.91. The van der Waals surface area contributed by atoms with Crippen LogP contribution in [0.25, 0.3) is 9.69 Å². The molecule has 0 unspecified atom stereocenters. The van der Waals surface area contributed by atoms with Gasteiger partial charge in [-0.2, -0.15) is 0 Å². The molecule has 0 fully saturated rings. The molecule has 72 valence electrons. The van der Waals surface area contributed by atoms with Gasteiger partial charge in [-0.05, 0) is 20.8 Å². The van der Waals surface area contributed by atoms with Crippen molar-refractivity contribution >= 4 is 0 Å². The van der Waals surface area contributed by atoms with E-state index in [9.17, 15) is 0 Å². The molecule has 0 radical (unpaired) electrons. The average Bonchev–Trinajstić information content (AvgIpc) is 2.02. The summed E-state index contributed by atoms with van der Waals surface area (Å²) >= 11 is 0. The molecule has 0 aliphatic rings. The molecule has 0 saturated carbocycles. The van der Waals surface area contributed by atoms with Gasteiger partial charge in [0.25, 0.3) is 0 Å². The van der Waals surface area contributed by atoms with Gasteiger partial charge < -0.3 is 9.69 Å². The Morgan fingerprint density at radius 2 is 1.38 bits per heavy atom. The van der Waals surface area contributed by atoms with Crippen molar-refractivity contribution < 1.29 is 0 Å². The molecule has 0 aromatic heterocycles. The van der Waals surface area contributed by atoms with Gasteiger partial charge in [0, 0.05) is 5.54 Å². The average molecular weight is 179 g/mol. The van der Waals surface area contributed by atoms with E-state index in [4.69, 9.17) is 13.1 Å². The summed E-state index contributed by atoms with van der Waals surface area (Å²) in [6, 6.07) is 0. The summed E-state index contributed by atoms with van der Waals surface area (Å²) in [5.74, 6) is 0. The number of hydrogen-bond donors (Lipinski definition) is 0. The Labute approximate surface area is 81.0 Å². The van der Waals surface area contributed by atoms with Crippen molar-refractivity contribution in [3.05, 3.63) is 22.8 Å². The maximum atomic E-state index is 6.72. The molecule has 0 bridgehead atoms. The third-order valence-corrected chi connectivity index (χ3v) is 1.91. The van der Waals surface area contributed by atoms with Gasteiger partial charge in [0.05, 0.1) is 13.1 Å². The van der Waals surface area contributed by atoms with Crippen LogP contribution in [0.4, 0.5) is 0 Å². The second-order valence-electron chi connectivity index (χ2n) is 3.92. The van der Waals surface area contributed by atoms with E-state index in [0.717, 1.165) is 13.1 Å². The SMILES string of the molecule is [C-]#[N+]CCN(CC[N+]#[C-])C(C)(C)C. The van der Waals surface area contributed by atoms with Crippen LogP contribution in [-0.2, 0) is 0 Å². The van der Waals surface area contributed by atoms with Gasteiger partial charge in [-0.25, -0.2) is 13.1 Å². The van der Waals surface area contributed by atoms with Gasteiger partial charge in [0.2, 0.25) is 13.1 Å². The normalized spacial score (nSPS) is 10.9. The summed E-state index contributed by atoms with van der Waals surface area (Å²) < 4.78 is 0. The minimum absolute atomic E-state index is 0.0649. The van der Waals surface area contributed by atoms with Crippen molar-refractivity contribution in [3.8, 4) is 0 Å². The highest BCUT2D eigenvalue weighted by Crippen LogP contribution is 2.11. The first kappa shape index (κ1) is 11.9. The molecule has 0 aliphatic heterocycles. The molecule has 0 saturated heterocycles. The molecule has 0 aromatic carbocycles. The molecule has 13 heavy (non-hydrogen) atoms. The van der Waals surface area contributed by atoms with Gasteiger partial charge in [-0.3, -0.25) is 4.90 Å². The molecule has 0 atom stereocenters. The van der Waals surface area contributed by atoms with Gasteiger partial charge in [-0.1, -0.05) is 0 Å². The maximum Gasteiger partial charge on any atom is 0.227 e. The highest BCUT2D eigenvalue weighted by atomic mass is 15.2. The first-order chi connectivity index (χ1) is 6.02. The van der Waals surface area contributed by atoms with E-state index in [1.54, 1.807) is 0 Å². The summed E-state index contributed by atoms with van der Waals surface area (Å²) in [4.78, 5) is 8.84. The number of hydrogen-bond acceptors (Lipinski definition) is 1. The highest BCUT2D eigenvalue weighted by molar-refractivity contribution is 4.80. The van der Waals surface area contributed by atoms with E-state index < -0.39 is 0 Å². The molecular formula is C10H17N3. The van der Waals surface area contributed by atoms with Crippen LogP contribution in [-0.4, -0.2) is 36.6 Å². The lowest BCUT2D eigenvalue weighted by molar-refractivity contribution is 0.151.